The molecule has 1 heterocycles. The van der Waals surface area contributed by atoms with Gasteiger partial charge in [0.15, 0.2) is 5.78 Å². The van der Waals surface area contributed by atoms with Crippen LogP contribution in [0.4, 0.5) is 13.2 Å². The summed E-state index contributed by atoms with van der Waals surface area (Å²) in [4.78, 5) is 40.8. The van der Waals surface area contributed by atoms with Crippen molar-refractivity contribution >= 4 is 44.4 Å². The minimum atomic E-state index is -4.85. The Kier molecular flexibility index (Phi) is 8.21. The smallest absolute Gasteiger partial charge is 0.406 e. The lowest BCUT2D eigenvalue weighted by molar-refractivity contribution is -0.274. The Morgan fingerprint density at radius 3 is 2.51 bits per heavy atom. The molecule has 1 atom stereocenters. The Hall–Kier alpha value is -3.34. The summed E-state index contributed by atoms with van der Waals surface area (Å²) < 4.78 is 42.1. The fourth-order valence-electron chi connectivity index (χ4n) is 3.42. The first-order valence-corrected chi connectivity index (χ1v) is 11.4. The van der Waals surface area contributed by atoms with Gasteiger partial charge in [-0.15, -0.1) is 13.2 Å². The van der Waals surface area contributed by atoms with E-state index in [-0.39, 0.29) is 24.3 Å². The van der Waals surface area contributed by atoms with E-state index >= 15 is 0 Å². The summed E-state index contributed by atoms with van der Waals surface area (Å²) in [6, 6.07) is 11.2. The molecule has 0 aliphatic heterocycles. The lowest BCUT2D eigenvalue weighted by Gasteiger charge is -2.20. The molecule has 2 amide bonds. The molecular weight excluding hydrogens is 531 g/mol. The van der Waals surface area contributed by atoms with Crippen molar-refractivity contribution in [2.45, 2.75) is 32.7 Å². The zero-order valence-corrected chi connectivity index (χ0v) is 20.4. The van der Waals surface area contributed by atoms with Crippen LogP contribution in [0.15, 0.2) is 53.0 Å². The topological polar surface area (TPSA) is 100 Å². The highest BCUT2D eigenvalue weighted by Crippen LogP contribution is 2.23. The molecular formula is C24H23BrF3N3O4. The third-order valence-electron chi connectivity index (χ3n) is 5.04. The van der Waals surface area contributed by atoms with E-state index in [0.29, 0.717) is 5.69 Å². The fraction of sp³-hybridized carbons (Fsp3) is 0.292. The first-order valence-electron chi connectivity index (χ1n) is 10.7. The number of hydrogen-bond acceptors (Lipinski definition) is 4. The van der Waals surface area contributed by atoms with Crippen LogP contribution in [-0.2, 0) is 16.0 Å². The molecule has 2 aromatic carbocycles. The normalized spacial score (nSPS) is 12.4. The number of carbonyl (C=O) groups is 3. The molecule has 0 saturated heterocycles. The zero-order valence-electron chi connectivity index (χ0n) is 18.8. The van der Waals surface area contributed by atoms with Crippen molar-refractivity contribution in [3.05, 3.63) is 64.3 Å². The summed E-state index contributed by atoms with van der Waals surface area (Å²) in [5.41, 5.74) is 1.33. The predicted octanol–water partition coefficient (Wildman–Crippen LogP) is 4.51. The number of carbonyl (C=O) groups excluding carboxylic acids is 3. The number of alkyl halides is 3. The van der Waals surface area contributed by atoms with Gasteiger partial charge in [0, 0.05) is 27.8 Å². The van der Waals surface area contributed by atoms with Crippen LogP contribution in [0.2, 0.25) is 0 Å². The largest absolute Gasteiger partial charge is 0.573 e. The van der Waals surface area contributed by atoms with Crippen LogP contribution in [0.5, 0.6) is 5.75 Å². The molecule has 1 aromatic heterocycles. The minimum absolute atomic E-state index is 0.155. The summed E-state index contributed by atoms with van der Waals surface area (Å²) in [6.45, 7) is 3.17. The van der Waals surface area contributed by atoms with Gasteiger partial charge in [0.1, 0.15) is 17.5 Å². The number of hydrogen-bond donors (Lipinski definition) is 3. The molecule has 0 bridgehead atoms. The van der Waals surface area contributed by atoms with Crippen LogP contribution in [-0.4, -0.2) is 41.5 Å². The fourth-order valence-corrected chi connectivity index (χ4v) is 3.80. The van der Waals surface area contributed by atoms with Crippen LogP contribution in [0.1, 0.15) is 29.9 Å². The number of fused-ring (bicyclic) bond motifs is 1. The second-order valence-corrected chi connectivity index (χ2v) is 9.09. The van der Waals surface area contributed by atoms with Gasteiger partial charge in [-0.3, -0.25) is 14.4 Å². The van der Waals surface area contributed by atoms with Gasteiger partial charge in [-0.25, -0.2) is 0 Å². The van der Waals surface area contributed by atoms with Crippen molar-refractivity contribution in [1.29, 1.82) is 0 Å². The van der Waals surface area contributed by atoms with Crippen LogP contribution in [0.3, 0.4) is 0 Å². The molecule has 0 saturated carbocycles. The third kappa shape index (κ3) is 7.57. The van der Waals surface area contributed by atoms with Gasteiger partial charge in [0.25, 0.3) is 5.91 Å². The summed E-state index contributed by atoms with van der Waals surface area (Å²) in [6.07, 6.45) is -5.13. The maximum Gasteiger partial charge on any atom is 0.573 e. The van der Waals surface area contributed by atoms with Gasteiger partial charge in [0.05, 0.1) is 6.42 Å². The molecule has 186 valence electrons. The second-order valence-electron chi connectivity index (χ2n) is 8.17. The minimum Gasteiger partial charge on any atom is -0.406 e. The molecule has 3 rings (SSSR count). The molecule has 0 spiro atoms. The Labute approximate surface area is 207 Å². The quantitative estimate of drug-likeness (QED) is 0.363. The third-order valence-corrected chi connectivity index (χ3v) is 5.53. The van der Waals surface area contributed by atoms with Crippen molar-refractivity contribution in [3.8, 4) is 5.75 Å². The van der Waals surface area contributed by atoms with E-state index < -0.39 is 35.9 Å². The molecule has 0 radical (unpaired) electrons. The molecule has 0 aliphatic carbocycles. The summed E-state index contributed by atoms with van der Waals surface area (Å²) in [5.74, 6) is -2.21. The summed E-state index contributed by atoms with van der Waals surface area (Å²) in [7, 11) is 0. The molecule has 1 unspecified atom stereocenters. The van der Waals surface area contributed by atoms with E-state index in [4.69, 9.17) is 0 Å². The first kappa shape index (κ1) is 26.3. The second kappa shape index (κ2) is 10.9. The number of aromatic amines is 1. The number of benzene rings is 2. The van der Waals surface area contributed by atoms with Crippen LogP contribution < -0.4 is 15.4 Å². The molecule has 3 aromatic rings. The maximum absolute atomic E-state index is 12.6. The van der Waals surface area contributed by atoms with Gasteiger partial charge < -0.3 is 20.4 Å². The molecule has 7 nitrogen and oxygen atoms in total. The molecule has 0 fully saturated rings. The van der Waals surface area contributed by atoms with E-state index in [1.165, 1.54) is 12.1 Å². The lowest BCUT2D eigenvalue weighted by Crippen LogP contribution is -2.50. The Morgan fingerprint density at radius 2 is 1.83 bits per heavy atom. The number of amides is 2. The van der Waals surface area contributed by atoms with Gasteiger partial charge in [-0.2, -0.15) is 0 Å². The standard InChI is InChI=1S/C24H23BrF3N3O4/c1-13(2)22(33)20(12-29-23(34)19-11-15-10-16(25)6-7-18(15)30-19)31-21(32)9-14-4-3-5-17(8-14)35-24(26,27)28/h3-8,10-11,13,20,30H,9,12H2,1-2H3,(H,29,34)(H,31,32). The Balaban J connectivity index is 1.65. The van der Waals surface area contributed by atoms with E-state index in [2.05, 4.69) is 36.3 Å². The van der Waals surface area contributed by atoms with Crippen molar-refractivity contribution < 1.29 is 32.3 Å². The number of ether oxygens (including phenoxy) is 1. The van der Waals surface area contributed by atoms with Crippen LogP contribution >= 0.6 is 15.9 Å². The van der Waals surface area contributed by atoms with E-state index in [9.17, 15) is 27.6 Å². The van der Waals surface area contributed by atoms with Crippen molar-refractivity contribution in [3.63, 3.8) is 0 Å². The predicted molar refractivity (Wildman–Crippen MR) is 127 cm³/mol. The van der Waals surface area contributed by atoms with Gasteiger partial charge in [0.2, 0.25) is 5.91 Å². The summed E-state index contributed by atoms with van der Waals surface area (Å²) >= 11 is 3.37. The zero-order chi connectivity index (χ0) is 25.8. The average molecular weight is 554 g/mol. The number of H-pyrrole nitrogens is 1. The number of Topliss-reactive ketones (excluding diaryl/α,β-unsaturated/α-hetero) is 1. The number of rotatable bonds is 9. The first-order chi connectivity index (χ1) is 16.4. The van der Waals surface area contributed by atoms with Crippen molar-refractivity contribution in [2.75, 3.05) is 6.54 Å². The molecule has 11 heteroatoms. The molecule has 35 heavy (non-hydrogen) atoms. The maximum atomic E-state index is 12.6. The van der Waals surface area contributed by atoms with E-state index in [1.807, 2.05) is 18.2 Å². The van der Waals surface area contributed by atoms with E-state index in [0.717, 1.165) is 27.5 Å². The van der Waals surface area contributed by atoms with Gasteiger partial charge >= 0.3 is 6.36 Å². The highest BCUT2D eigenvalue weighted by atomic mass is 79.9. The van der Waals surface area contributed by atoms with Gasteiger partial charge in [-0.1, -0.05) is 41.9 Å². The number of nitrogens with one attached hydrogen (secondary N) is 3. The highest BCUT2D eigenvalue weighted by Gasteiger charge is 2.31. The monoisotopic (exact) mass is 553 g/mol. The number of halogens is 4. The average Bonchev–Trinajstić information content (AvgIpc) is 3.18. The summed E-state index contributed by atoms with van der Waals surface area (Å²) in [5, 5.41) is 6.05. The van der Waals surface area contributed by atoms with Gasteiger partial charge in [-0.05, 0) is 42.0 Å². The highest BCUT2D eigenvalue weighted by molar-refractivity contribution is 9.10. The Morgan fingerprint density at radius 1 is 1.09 bits per heavy atom. The molecule has 3 N–H and O–H groups in total. The SMILES string of the molecule is CC(C)C(=O)C(CNC(=O)c1cc2cc(Br)ccc2[nH]1)NC(=O)Cc1cccc(OC(F)(F)F)c1. The number of aromatic nitrogens is 1. The molecule has 0 aliphatic rings. The Bertz CT molecular complexity index is 1240. The lowest BCUT2D eigenvalue weighted by atomic mass is 10.0. The van der Waals surface area contributed by atoms with Crippen molar-refractivity contribution in [1.82, 2.24) is 15.6 Å². The number of ketones is 1. The van der Waals surface area contributed by atoms with E-state index in [1.54, 1.807) is 19.9 Å². The van der Waals surface area contributed by atoms with Crippen LogP contribution in [0.25, 0.3) is 10.9 Å². The van der Waals surface area contributed by atoms with Crippen molar-refractivity contribution in [2.24, 2.45) is 5.92 Å². The van der Waals surface area contributed by atoms with Crippen LogP contribution in [0, 0.1) is 5.92 Å².